The summed E-state index contributed by atoms with van der Waals surface area (Å²) in [6, 6.07) is 11.7. The number of ether oxygens (including phenoxy) is 1. The van der Waals surface area contributed by atoms with Crippen molar-refractivity contribution in [2.24, 2.45) is 5.73 Å². The molecule has 0 spiro atoms. The molecule has 126 valence electrons. The van der Waals surface area contributed by atoms with Crippen LogP contribution < -0.4 is 15.4 Å². The molecule has 6 heteroatoms. The molecule has 0 aromatic heterocycles. The molecule has 2 aromatic rings. The molecular weight excluding hydrogens is 328 g/mol. The van der Waals surface area contributed by atoms with Crippen molar-refractivity contribution in [1.29, 1.82) is 0 Å². The van der Waals surface area contributed by atoms with Gasteiger partial charge in [0.05, 0.1) is 0 Å². The molecule has 24 heavy (non-hydrogen) atoms. The van der Waals surface area contributed by atoms with Gasteiger partial charge in [-0.2, -0.15) is 0 Å². The van der Waals surface area contributed by atoms with E-state index >= 15 is 0 Å². The second-order valence-electron chi connectivity index (χ2n) is 5.48. The molecule has 0 unspecified atom stereocenters. The van der Waals surface area contributed by atoms with Gasteiger partial charge in [-0.1, -0.05) is 11.6 Å². The van der Waals surface area contributed by atoms with Gasteiger partial charge in [-0.25, -0.2) is 0 Å². The third kappa shape index (κ3) is 4.06. The summed E-state index contributed by atoms with van der Waals surface area (Å²) in [5.74, 6) is -0.144. The Morgan fingerprint density at radius 1 is 1.17 bits per heavy atom. The number of amides is 2. The van der Waals surface area contributed by atoms with Crippen LogP contribution in [0.4, 0.5) is 5.69 Å². The number of hydrogen-bond acceptors (Lipinski definition) is 3. The van der Waals surface area contributed by atoms with Gasteiger partial charge in [0.2, 0.25) is 5.91 Å². The number of anilines is 1. The van der Waals surface area contributed by atoms with E-state index in [0.717, 1.165) is 5.56 Å². The first-order valence-electron chi connectivity index (χ1n) is 7.40. The summed E-state index contributed by atoms with van der Waals surface area (Å²) < 4.78 is 5.69. The predicted octanol–water partition coefficient (Wildman–Crippen LogP) is 3.18. The smallest absolute Gasteiger partial charge is 0.267 e. The lowest BCUT2D eigenvalue weighted by molar-refractivity contribution is -0.124. The molecule has 0 heterocycles. The Labute approximate surface area is 146 Å². The number of halogens is 1. The highest BCUT2D eigenvalue weighted by Crippen LogP contribution is 2.23. The average molecular weight is 347 g/mol. The number of rotatable bonds is 5. The SMILES string of the molecule is Cc1cc(O[C@H](C)C(=O)N(C)c2ccc(C(N)=O)cc2)ccc1Cl. The molecule has 0 radical (unpaired) electrons. The summed E-state index contributed by atoms with van der Waals surface area (Å²) in [5.41, 5.74) is 7.12. The second-order valence-corrected chi connectivity index (χ2v) is 5.89. The van der Waals surface area contributed by atoms with Crippen molar-refractivity contribution in [3.63, 3.8) is 0 Å². The molecule has 2 N–H and O–H groups in total. The van der Waals surface area contributed by atoms with E-state index in [-0.39, 0.29) is 5.91 Å². The summed E-state index contributed by atoms with van der Waals surface area (Å²) in [4.78, 5) is 25.1. The number of primary amides is 1. The van der Waals surface area contributed by atoms with Crippen molar-refractivity contribution in [3.8, 4) is 5.75 Å². The van der Waals surface area contributed by atoms with Crippen LogP contribution in [0.2, 0.25) is 5.02 Å². The van der Waals surface area contributed by atoms with Gasteiger partial charge in [0.1, 0.15) is 5.75 Å². The Bertz CT molecular complexity index is 759. The normalized spacial score (nSPS) is 11.7. The van der Waals surface area contributed by atoms with Crippen molar-refractivity contribution < 1.29 is 14.3 Å². The van der Waals surface area contributed by atoms with Crippen LogP contribution in [0, 0.1) is 6.92 Å². The molecule has 0 aliphatic rings. The number of benzene rings is 2. The molecule has 5 nitrogen and oxygen atoms in total. The topological polar surface area (TPSA) is 72.6 Å². The van der Waals surface area contributed by atoms with Gasteiger partial charge < -0.3 is 15.4 Å². The molecule has 0 aliphatic heterocycles. The number of nitrogens with zero attached hydrogens (tertiary/aromatic N) is 1. The number of likely N-dealkylation sites (N-methyl/N-ethyl adjacent to an activating group) is 1. The van der Waals surface area contributed by atoms with Crippen molar-refractivity contribution in [2.75, 3.05) is 11.9 Å². The fourth-order valence-corrected chi connectivity index (χ4v) is 2.31. The van der Waals surface area contributed by atoms with Gasteiger partial charge in [0.15, 0.2) is 6.10 Å². The summed E-state index contributed by atoms with van der Waals surface area (Å²) in [6.45, 7) is 3.55. The highest BCUT2D eigenvalue weighted by molar-refractivity contribution is 6.31. The largest absolute Gasteiger partial charge is 0.481 e. The Balaban J connectivity index is 2.08. The second kappa shape index (κ2) is 7.36. The minimum atomic E-state index is -0.675. The predicted molar refractivity (Wildman–Crippen MR) is 94.6 cm³/mol. The summed E-state index contributed by atoms with van der Waals surface area (Å²) in [6.07, 6.45) is -0.675. The summed E-state index contributed by atoms with van der Waals surface area (Å²) in [7, 11) is 1.65. The molecule has 2 amide bonds. The van der Waals surface area contributed by atoms with Gasteiger partial charge in [-0.3, -0.25) is 9.59 Å². The number of carbonyl (C=O) groups excluding carboxylic acids is 2. The van der Waals surface area contributed by atoms with Crippen molar-refractivity contribution >= 4 is 29.1 Å². The number of hydrogen-bond donors (Lipinski definition) is 1. The highest BCUT2D eigenvalue weighted by atomic mass is 35.5. The van der Waals surface area contributed by atoms with Crippen LogP contribution in [0.5, 0.6) is 5.75 Å². The molecule has 0 aliphatic carbocycles. The first-order valence-corrected chi connectivity index (χ1v) is 7.77. The average Bonchev–Trinajstić information content (AvgIpc) is 2.56. The Morgan fingerprint density at radius 2 is 1.79 bits per heavy atom. The zero-order chi connectivity index (χ0) is 17.9. The van der Waals surface area contributed by atoms with E-state index in [1.165, 1.54) is 4.90 Å². The molecular formula is C18H19ClN2O3. The van der Waals surface area contributed by atoms with Crippen LogP contribution in [-0.4, -0.2) is 25.0 Å². The minimum Gasteiger partial charge on any atom is -0.481 e. The standard InChI is InChI=1S/C18H19ClN2O3/c1-11-10-15(8-9-16(11)19)24-12(2)18(23)21(3)14-6-4-13(5-7-14)17(20)22/h4-10,12H,1-3H3,(H2,20,22)/t12-/m1/s1. The third-order valence-electron chi connectivity index (χ3n) is 3.66. The van der Waals surface area contributed by atoms with E-state index in [9.17, 15) is 9.59 Å². The summed E-state index contributed by atoms with van der Waals surface area (Å²) >= 11 is 5.98. The van der Waals surface area contributed by atoms with E-state index in [1.807, 2.05) is 6.92 Å². The first-order chi connectivity index (χ1) is 11.3. The van der Waals surface area contributed by atoms with Gasteiger partial charge in [0, 0.05) is 23.3 Å². The van der Waals surface area contributed by atoms with Crippen molar-refractivity contribution in [3.05, 3.63) is 58.6 Å². The van der Waals surface area contributed by atoms with Crippen LogP contribution in [0.1, 0.15) is 22.8 Å². The zero-order valence-corrected chi connectivity index (χ0v) is 14.5. The quantitative estimate of drug-likeness (QED) is 0.903. The first kappa shape index (κ1) is 17.8. The van der Waals surface area contributed by atoms with Crippen LogP contribution in [0.25, 0.3) is 0 Å². The van der Waals surface area contributed by atoms with Crippen LogP contribution in [0.3, 0.4) is 0 Å². The molecule has 0 saturated carbocycles. The van der Waals surface area contributed by atoms with E-state index < -0.39 is 12.0 Å². The molecule has 0 fully saturated rings. The lowest BCUT2D eigenvalue weighted by Gasteiger charge is -2.22. The van der Waals surface area contributed by atoms with Gasteiger partial charge >= 0.3 is 0 Å². The monoisotopic (exact) mass is 346 g/mol. The van der Waals surface area contributed by atoms with Gasteiger partial charge in [-0.15, -0.1) is 0 Å². The van der Waals surface area contributed by atoms with Crippen molar-refractivity contribution in [2.45, 2.75) is 20.0 Å². The van der Waals surface area contributed by atoms with Crippen LogP contribution in [-0.2, 0) is 4.79 Å². The van der Waals surface area contributed by atoms with E-state index in [4.69, 9.17) is 22.1 Å². The Kier molecular flexibility index (Phi) is 5.46. The maximum absolute atomic E-state index is 12.5. The third-order valence-corrected chi connectivity index (χ3v) is 4.08. The number of nitrogens with two attached hydrogens (primary N) is 1. The zero-order valence-electron chi connectivity index (χ0n) is 13.7. The molecule has 2 aromatic carbocycles. The lowest BCUT2D eigenvalue weighted by Crippen LogP contribution is -2.38. The van der Waals surface area contributed by atoms with Gasteiger partial charge in [-0.05, 0) is 61.9 Å². The fraction of sp³-hybridized carbons (Fsp3) is 0.222. The summed E-state index contributed by atoms with van der Waals surface area (Å²) in [5, 5.41) is 0.646. The maximum Gasteiger partial charge on any atom is 0.267 e. The molecule has 0 bridgehead atoms. The Morgan fingerprint density at radius 3 is 2.33 bits per heavy atom. The number of carbonyl (C=O) groups is 2. The maximum atomic E-state index is 12.5. The molecule has 1 atom stereocenters. The number of aryl methyl sites for hydroxylation is 1. The molecule has 2 rings (SSSR count). The van der Waals surface area contributed by atoms with Crippen molar-refractivity contribution in [1.82, 2.24) is 0 Å². The van der Waals surface area contributed by atoms with E-state index in [2.05, 4.69) is 0 Å². The van der Waals surface area contributed by atoms with Gasteiger partial charge in [0.25, 0.3) is 5.91 Å². The lowest BCUT2D eigenvalue weighted by atomic mass is 10.2. The minimum absolute atomic E-state index is 0.213. The molecule has 0 saturated heterocycles. The highest BCUT2D eigenvalue weighted by Gasteiger charge is 2.20. The Hall–Kier alpha value is -2.53. The van der Waals surface area contributed by atoms with E-state index in [1.54, 1.807) is 56.4 Å². The van der Waals surface area contributed by atoms with Crippen LogP contribution in [0.15, 0.2) is 42.5 Å². The van der Waals surface area contributed by atoms with E-state index in [0.29, 0.717) is 22.0 Å². The van der Waals surface area contributed by atoms with Crippen LogP contribution >= 0.6 is 11.6 Å². The fourth-order valence-electron chi connectivity index (χ4n) is 2.19.